The number of carbonyl (C=O) groups is 1. The number of benzene rings is 1. The van der Waals surface area contributed by atoms with Crippen LogP contribution in [0.1, 0.15) is 31.2 Å². The molecule has 114 valence electrons. The predicted molar refractivity (Wildman–Crippen MR) is 80.1 cm³/mol. The van der Waals surface area contributed by atoms with E-state index in [1.165, 1.54) is 37.8 Å². The molecule has 0 spiro atoms. The Balaban J connectivity index is 1.43. The van der Waals surface area contributed by atoms with E-state index in [0.29, 0.717) is 13.1 Å². The Morgan fingerprint density at radius 2 is 1.76 bits per heavy atom. The number of likely N-dealkylation sites (tertiary alicyclic amines) is 1. The first kappa shape index (κ1) is 14.5. The lowest BCUT2D eigenvalue weighted by atomic mass is 9.82. The molecule has 1 aliphatic carbocycles. The van der Waals surface area contributed by atoms with Gasteiger partial charge >= 0.3 is 0 Å². The third-order valence-electron chi connectivity index (χ3n) is 4.82. The minimum absolute atomic E-state index is 0.0676. The summed E-state index contributed by atoms with van der Waals surface area (Å²) in [4.78, 5) is 14.3. The lowest BCUT2D eigenvalue weighted by Gasteiger charge is -2.23. The Labute approximate surface area is 125 Å². The smallest absolute Gasteiger partial charge is 0.234 e. The van der Waals surface area contributed by atoms with Crippen LogP contribution >= 0.6 is 0 Å². The zero-order chi connectivity index (χ0) is 14.7. The Hall–Kier alpha value is -1.42. The molecule has 1 N–H and O–H groups in total. The van der Waals surface area contributed by atoms with E-state index in [1.807, 2.05) is 0 Å². The summed E-state index contributed by atoms with van der Waals surface area (Å²) in [5, 5.41) is 2.92. The van der Waals surface area contributed by atoms with Crippen molar-refractivity contribution in [1.82, 2.24) is 10.2 Å². The zero-order valence-corrected chi connectivity index (χ0v) is 12.4. The molecule has 1 saturated carbocycles. The second kappa shape index (κ2) is 6.56. The lowest BCUT2D eigenvalue weighted by Crippen LogP contribution is -2.36. The highest BCUT2D eigenvalue weighted by Gasteiger charge is 2.34. The third kappa shape index (κ3) is 3.82. The molecule has 2 unspecified atom stereocenters. The lowest BCUT2D eigenvalue weighted by molar-refractivity contribution is -0.122. The van der Waals surface area contributed by atoms with Crippen molar-refractivity contribution >= 4 is 5.91 Å². The van der Waals surface area contributed by atoms with Gasteiger partial charge in [-0.15, -0.1) is 0 Å². The van der Waals surface area contributed by atoms with Gasteiger partial charge in [-0.1, -0.05) is 25.0 Å². The summed E-state index contributed by atoms with van der Waals surface area (Å²) in [5.74, 6) is 1.44. The molecule has 21 heavy (non-hydrogen) atoms. The molecule has 1 heterocycles. The SMILES string of the molecule is O=C(CN1CC2CCCCC2C1)NCc1ccc(F)cc1. The zero-order valence-electron chi connectivity index (χ0n) is 12.4. The van der Waals surface area contributed by atoms with Crippen LogP contribution in [0, 0.1) is 17.7 Å². The average Bonchev–Trinajstić information content (AvgIpc) is 2.88. The highest BCUT2D eigenvalue weighted by atomic mass is 19.1. The first-order valence-electron chi connectivity index (χ1n) is 7.94. The van der Waals surface area contributed by atoms with E-state index in [0.717, 1.165) is 30.5 Å². The molecule has 2 aliphatic rings. The monoisotopic (exact) mass is 290 g/mol. The topological polar surface area (TPSA) is 32.3 Å². The summed E-state index contributed by atoms with van der Waals surface area (Å²) in [6, 6.07) is 6.26. The number of hydrogen-bond acceptors (Lipinski definition) is 2. The van der Waals surface area contributed by atoms with Gasteiger partial charge in [0, 0.05) is 19.6 Å². The molecule has 1 aliphatic heterocycles. The van der Waals surface area contributed by atoms with Gasteiger partial charge in [-0.25, -0.2) is 4.39 Å². The molecule has 0 bridgehead atoms. The van der Waals surface area contributed by atoms with Gasteiger partial charge < -0.3 is 5.32 Å². The minimum Gasteiger partial charge on any atom is -0.351 e. The second-order valence-corrected chi connectivity index (χ2v) is 6.40. The van der Waals surface area contributed by atoms with Crippen molar-refractivity contribution in [3.05, 3.63) is 35.6 Å². The van der Waals surface area contributed by atoms with Crippen molar-refractivity contribution < 1.29 is 9.18 Å². The maximum absolute atomic E-state index is 12.8. The largest absolute Gasteiger partial charge is 0.351 e. The molecule has 3 nitrogen and oxygen atoms in total. The fourth-order valence-corrected chi connectivity index (χ4v) is 3.69. The summed E-state index contributed by atoms with van der Waals surface area (Å²) in [5.41, 5.74) is 0.930. The maximum Gasteiger partial charge on any atom is 0.234 e. The second-order valence-electron chi connectivity index (χ2n) is 6.40. The number of carbonyl (C=O) groups excluding carboxylic acids is 1. The Bertz CT molecular complexity index is 474. The van der Waals surface area contributed by atoms with Crippen LogP contribution in [0.25, 0.3) is 0 Å². The maximum atomic E-state index is 12.8. The van der Waals surface area contributed by atoms with Gasteiger partial charge in [0.1, 0.15) is 5.82 Å². The van der Waals surface area contributed by atoms with Crippen molar-refractivity contribution in [3.63, 3.8) is 0 Å². The Kier molecular flexibility index (Phi) is 4.54. The van der Waals surface area contributed by atoms with E-state index in [4.69, 9.17) is 0 Å². The average molecular weight is 290 g/mol. The number of amides is 1. The van der Waals surface area contributed by atoms with Crippen LogP contribution in [0.5, 0.6) is 0 Å². The van der Waals surface area contributed by atoms with Crippen LogP contribution in [0.4, 0.5) is 4.39 Å². The molecular weight excluding hydrogens is 267 g/mol. The van der Waals surface area contributed by atoms with E-state index in [2.05, 4.69) is 10.2 Å². The van der Waals surface area contributed by atoms with Crippen LogP contribution in [0.3, 0.4) is 0 Å². The van der Waals surface area contributed by atoms with Crippen LogP contribution in [-0.2, 0) is 11.3 Å². The third-order valence-corrected chi connectivity index (χ3v) is 4.82. The van der Waals surface area contributed by atoms with E-state index in [9.17, 15) is 9.18 Å². The molecular formula is C17H23FN2O. The van der Waals surface area contributed by atoms with Gasteiger partial charge in [0.2, 0.25) is 5.91 Å². The highest BCUT2D eigenvalue weighted by molar-refractivity contribution is 5.78. The van der Waals surface area contributed by atoms with E-state index < -0.39 is 0 Å². The van der Waals surface area contributed by atoms with Crippen LogP contribution in [-0.4, -0.2) is 30.4 Å². The van der Waals surface area contributed by atoms with Gasteiger partial charge in [-0.05, 0) is 42.4 Å². The minimum atomic E-state index is -0.246. The molecule has 1 amide bonds. The Morgan fingerprint density at radius 3 is 2.38 bits per heavy atom. The van der Waals surface area contributed by atoms with Crippen molar-refractivity contribution in [2.45, 2.75) is 32.2 Å². The molecule has 0 aromatic heterocycles. The summed E-state index contributed by atoms with van der Waals surface area (Å²) < 4.78 is 12.8. The molecule has 0 radical (unpaired) electrons. The first-order valence-corrected chi connectivity index (χ1v) is 7.94. The van der Waals surface area contributed by atoms with Gasteiger partial charge in [-0.2, -0.15) is 0 Å². The molecule has 2 fully saturated rings. The number of nitrogens with one attached hydrogen (secondary N) is 1. The van der Waals surface area contributed by atoms with Crippen LogP contribution in [0.2, 0.25) is 0 Å². The van der Waals surface area contributed by atoms with Crippen LogP contribution < -0.4 is 5.32 Å². The fraction of sp³-hybridized carbons (Fsp3) is 0.588. The summed E-state index contributed by atoms with van der Waals surface area (Å²) in [6.45, 7) is 3.12. The fourth-order valence-electron chi connectivity index (χ4n) is 3.69. The Morgan fingerprint density at radius 1 is 1.14 bits per heavy atom. The van der Waals surface area contributed by atoms with E-state index in [-0.39, 0.29) is 11.7 Å². The predicted octanol–water partition coefficient (Wildman–Crippen LogP) is 2.56. The van der Waals surface area contributed by atoms with Gasteiger partial charge in [0.15, 0.2) is 0 Å². The molecule has 3 rings (SSSR count). The van der Waals surface area contributed by atoms with E-state index >= 15 is 0 Å². The standard InChI is InChI=1S/C17H23FN2O/c18-16-7-5-13(6-8-16)9-19-17(21)12-20-10-14-3-1-2-4-15(14)11-20/h5-8,14-15H,1-4,9-12H2,(H,19,21). The van der Waals surface area contributed by atoms with Crippen molar-refractivity contribution in [3.8, 4) is 0 Å². The van der Waals surface area contributed by atoms with Crippen LogP contribution in [0.15, 0.2) is 24.3 Å². The van der Waals surface area contributed by atoms with Gasteiger partial charge in [0.25, 0.3) is 0 Å². The molecule has 2 atom stereocenters. The molecule has 1 aromatic carbocycles. The summed E-state index contributed by atoms with van der Waals surface area (Å²) >= 11 is 0. The normalized spacial score (nSPS) is 25.6. The quantitative estimate of drug-likeness (QED) is 0.924. The molecule has 4 heteroatoms. The number of hydrogen-bond donors (Lipinski definition) is 1. The highest BCUT2D eigenvalue weighted by Crippen LogP contribution is 2.35. The van der Waals surface area contributed by atoms with Crippen molar-refractivity contribution in [1.29, 1.82) is 0 Å². The number of halogens is 1. The van der Waals surface area contributed by atoms with Gasteiger partial charge in [-0.3, -0.25) is 9.69 Å². The van der Waals surface area contributed by atoms with E-state index in [1.54, 1.807) is 12.1 Å². The van der Waals surface area contributed by atoms with Crippen molar-refractivity contribution in [2.24, 2.45) is 11.8 Å². The number of fused-ring (bicyclic) bond motifs is 1. The first-order chi connectivity index (χ1) is 10.2. The molecule has 1 saturated heterocycles. The number of rotatable bonds is 4. The van der Waals surface area contributed by atoms with Gasteiger partial charge in [0.05, 0.1) is 6.54 Å². The molecule has 1 aromatic rings. The summed E-state index contributed by atoms with van der Waals surface area (Å²) in [6.07, 6.45) is 5.37. The number of nitrogens with zero attached hydrogens (tertiary/aromatic N) is 1. The summed E-state index contributed by atoms with van der Waals surface area (Å²) in [7, 11) is 0. The van der Waals surface area contributed by atoms with Crippen molar-refractivity contribution in [2.75, 3.05) is 19.6 Å².